The molecule has 0 bridgehead atoms. The zero-order valence-corrected chi connectivity index (χ0v) is 27.0. The summed E-state index contributed by atoms with van der Waals surface area (Å²) in [5.74, 6) is 0.681. The van der Waals surface area contributed by atoms with Crippen LogP contribution in [-0.2, 0) is 22.4 Å². The highest BCUT2D eigenvalue weighted by Gasteiger charge is 2.71. The van der Waals surface area contributed by atoms with Crippen molar-refractivity contribution in [1.82, 2.24) is 10.2 Å². The third-order valence-electron chi connectivity index (χ3n) is 8.13. The second-order valence-electron chi connectivity index (χ2n) is 12.1. The molecular formula is C35H38F6N2O5. The molecule has 3 aromatic rings. The normalized spacial score (nSPS) is 17.2. The van der Waals surface area contributed by atoms with Crippen LogP contribution in [0.5, 0.6) is 11.5 Å². The molecule has 0 aliphatic carbocycles. The number of unbranched alkanes of at least 4 members (excludes halogenated alkanes) is 1. The Kier molecular flexibility index (Phi) is 10.7. The van der Waals surface area contributed by atoms with Gasteiger partial charge >= 0.3 is 18.4 Å². The lowest BCUT2D eigenvalue weighted by Gasteiger charge is -2.33. The predicted molar refractivity (Wildman–Crippen MR) is 166 cm³/mol. The summed E-state index contributed by atoms with van der Waals surface area (Å²) in [5, 5.41) is 12.7. The van der Waals surface area contributed by atoms with Gasteiger partial charge in [0.1, 0.15) is 17.0 Å². The number of hydrogen-bond acceptors (Lipinski definition) is 5. The number of imide groups is 1. The number of halogens is 6. The van der Waals surface area contributed by atoms with Gasteiger partial charge in [-0.3, -0.25) is 9.69 Å². The van der Waals surface area contributed by atoms with Crippen LogP contribution in [-0.4, -0.2) is 53.6 Å². The van der Waals surface area contributed by atoms with Crippen LogP contribution in [0.25, 0.3) is 11.1 Å². The van der Waals surface area contributed by atoms with E-state index in [1.807, 2.05) is 13.8 Å². The number of carbonyl (C=O) groups is 2. The number of alkyl halides is 6. The topological polar surface area (TPSA) is 88.1 Å². The summed E-state index contributed by atoms with van der Waals surface area (Å²) in [5.41, 5.74) is -5.80. The molecular weight excluding hydrogens is 642 g/mol. The van der Waals surface area contributed by atoms with Gasteiger partial charge in [0.2, 0.25) is 0 Å². The largest absolute Gasteiger partial charge is 0.494 e. The van der Waals surface area contributed by atoms with Crippen LogP contribution in [0.2, 0.25) is 0 Å². The first-order chi connectivity index (χ1) is 22.4. The van der Waals surface area contributed by atoms with Gasteiger partial charge in [0.05, 0.1) is 12.7 Å². The Labute approximate surface area is 274 Å². The van der Waals surface area contributed by atoms with E-state index in [9.17, 15) is 41.0 Å². The van der Waals surface area contributed by atoms with Crippen LogP contribution in [0.1, 0.15) is 63.6 Å². The maximum atomic E-state index is 13.5. The summed E-state index contributed by atoms with van der Waals surface area (Å²) in [4.78, 5) is 27.1. The summed E-state index contributed by atoms with van der Waals surface area (Å²) in [6, 6.07) is 15.6. The van der Waals surface area contributed by atoms with Crippen molar-refractivity contribution < 1.29 is 50.5 Å². The monoisotopic (exact) mass is 680 g/mol. The Hall–Kier alpha value is -4.26. The summed E-state index contributed by atoms with van der Waals surface area (Å²) in [7, 11) is 0. The van der Waals surface area contributed by atoms with Crippen LogP contribution < -0.4 is 14.8 Å². The molecule has 0 radical (unpaired) electrons. The van der Waals surface area contributed by atoms with Crippen LogP contribution in [0.15, 0.2) is 66.7 Å². The molecule has 4 rings (SSSR count). The number of rotatable bonds is 13. The molecule has 1 fully saturated rings. The van der Waals surface area contributed by atoms with Crippen LogP contribution in [0, 0.1) is 0 Å². The molecule has 1 aliphatic heterocycles. The maximum Gasteiger partial charge on any atom is 0.430 e. The van der Waals surface area contributed by atoms with Crippen molar-refractivity contribution in [3.8, 4) is 22.6 Å². The predicted octanol–water partition coefficient (Wildman–Crippen LogP) is 8.03. The number of nitrogens with one attached hydrogen (secondary N) is 1. The molecule has 7 nitrogen and oxygen atoms in total. The second-order valence-corrected chi connectivity index (χ2v) is 12.1. The zero-order valence-electron chi connectivity index (χ0n) is 27.0. The number of carbonyl (C=O) groups excluding carboxylic acids is 2. The molecule has 0 spiro atoms. The summed E-state index contributed by atoms with van der Waals surface area (Å²) < 4.78 is 92.5. The van der Waals surface area contributed by atoms with E-state index in [0.29, 0.717) is 53.5 Å². The first-order valence-corrected chi connectivity index (χ1v) is 15.6. The van der Waals surface area contributed by atoms with Gasteiger partial charge in [-0.15, -0.1) is 0 Å². The molecule has 48 heavy (non-hydrogen) atoms. The molecule has 1 saturated heterocycles. The lowest BCUT2D eigenvalue weighted by atomic mass is 9.87. The van der Waals surface area contributed by atoms with Gasteiger partial charge in [-0.2, -0.15) is 26.3 Å². The highest BCUT2D eigenvalue weighted by molar-refractivity contribution is 6.07. The third-order valence-corrected chi connectivity index (χ3v) is 8.13. The first kappa shape index (κ1) is 36.6. The van der Waals surface area contributed by atoms with Gasteiger partial charge in [0.25, 0.3) is 11.5 Å². The van der Waals surface area contributed by atoms with E-state index in [4.69, 9.17) is 9.47 Å². The lowest BCUT2D eigenvalue weighted by molar-refractivity contribution is -0.376. The molecule has 3 amide bonds. The fourth-order valence-corrected chi connectivity index (χ4v) is 5.61. The van der Waals surface area contributed by atoms with Crippen molar-refractivity contribution in [1.29, 1.82) is 0 Å². The average Bonchev–Trinajstić information content (AvgIpc) is 3.23. The highest BCUT2D eigenvalue weighted by Crippen LogP contribution is 2.50. The number of nitrogens with zero attached hydrogens (tertiary/aromatic N) is 1. The Morgan fingerprint density at radius 2 is 1.56 bits per heavy atom. The fourth-order valence-electron chi connectivity index (χ4n) is 5.61. The minimum Gasteiger partial charge on any atom is -0.494 e. The summed E-state index contributed by atoms with van der Waals surface area (Å²) >= 11 is 0. The van der Waals surface area contributed by atoms with Crippen LogP contribution >= 0.6 is 0 Å². The SMILES string of the molecule is CCCc1cc(C(O)(C(F)(F)F)C(F)(F)F)ccc1-c1cccc(OCCCCN2C(=O)NC(C)(c3ccc(OC(C)C)cc3)C2=O)c1. The average molecular weight is 681 g/mol. The van der Waals surface area contributed by atoms with E-state index < -0.39 is 35.1 Å². The lowest BCUT2D eigenvalue weighted by Crippen LogP contribution is -2.53. The van der Waals surface area contributed by atoms with Gasteiger partial charge in [-0.05, 0) is 86.6 Å². The smallest absolute Gasteiger partial charge is 0.430 e. The number of ether oxygens (including phenoxy) is 2. The van der Waals surface area contributed by atoms with Crippen molar-refractivity contribution in [2.24, 2.45) is 0 Å². The minimum atomic E-state index is -5.98. The number of urea groups is 1. The Morgan fingerprint density at radius 1 is 0.896 bits per heavy atom. The molecule has 1 heterocycles. The van der Waals surface area contributed by atoms with Crippen molar-refractivity contribution in [3.63, 3.8) is 0 Å². The second kappa shape index (κ2) is 14.1. The minimum absolute atomic E-state index is 0.0120. The van der Waals surface area contributed by atoms with E-state index in [-0.39, 0.29) is 37.1 Å². The molecule has 0 aromatic heterocycles. The molecule has 1 unspecified atom stereocenters. The number of amides is 3. The maximum absolute atomic E-state index is 13.5. The molecule has 1 aliphatic rings. The Morgan fingerprint density at radius 3 is 2.17 bits per heavy atom. The Bertz CT molecular complexity index is 1590. The third kappa shape index (κ3) is 7.40. The van der Waals surface area contributed by atoms with Gasteiger partial charge in [0.15, 0.2) is 0 Å². The van der Waals surface area contributed by atoms with E-state index in [1.165, 1.54) is 0 Å². The van der Waals surface area contributed by atoms with Gasteiger partial charge in [-0.1, -0.05) is 55.8 Å². The van der Waals surface area contributed by atoms with Gasteiger partial charge in [-0.25, -0.2) is 4.79 Å². The molecule has 3 aromatic carbocycles. The Balaban J connectivity index is 1.39. The zero-order chi connectivity index (χ0) is 35.5. The summed E-state index contributed by atoms with van der Waals surface area (Å²) in [6.07, 6.45) is -10.5. The number of benzene rings is 3. The molecule has 1 atom stereocenters. The van der Waals surface area contributed by atoms with Crippen molar-refractivity contribution in [3.05, 3.63) is 83.4 Å². The highest BCUT2D eigenvalue weighted by atomic mass is 19.4. The fraction of sp³-hybridized carbons (Fsp3) is 0.429. The molecule has 2 N–H and O–H groups in total. The standard InChI is InChI=1S/C35H38F6N2O5/c1-5-9-23-20-26(33(46,34(36,37)38)35(39,40)41)14-17-29(23)24-10-8-11-28(21-24)47-19-7-6-18-43-30(44)32(4,42-31(43)45)25-12-15-27(16-13-25)48-22(2)3/h8,10-17,20-22,46H,5-7,9,18-19H2,1-4H3,(H,42,45). The number of hydrogen-bond donors (Lipinski definition) is 2. The van der Waals surface area contributed by atoms with E-state index in [1.54, 1.807) is 62.4 Å². The van der Waals surface area contributed by atoms with E-state index in [0.717, 1.165) is 17.0 Å². The number of aryl methyl sites for hydroxylation is 1. The molecule has 13 heteroatoms. The van der Waals surface area contributed by atoms with Gasteiger partial charge in [0, 0.05) is 12.1 Å². The van der Waals surface area contributed by atoms with Crippen molar-refractivity contribution in [2.45, 2.75) is 83.0 Å². The van der Waals surface area contributed by atoms with Gasteiger partial charge < -0.3 is 19.9 Å². The van der Waals surface area contributed by atoms with E-state index in [2.05, 4.69) is 5.32 Å². The van der Waals surface area contributed by atoms with Crippen molar-refractivity contribution in [2.75, 3.05) is 13.2 Å². The van der Waals surface area contributed by atoms with Crippen LogP contribution in [0.4, 0.5) is 31.1 Å². The summed E-state index contributed by atoms with van der Waals surface area (Å²) in [6.45, 7) is 7.56. The van der Waals surface area contributed by atoms with Crippen molar-refractivity contribution >= 4 is 11.9 Å². The quantitative estimate of drug-likeness (QED) is 0.108. The molecule has 0 saturated carbocycles. The number of aliphatic hydroxyl groups is 1. The molecule has 260 valence electrons. The van der Waals surface area contributed by atoms with E-state index >= 15 is 0 Å². The first-order valence-electron chi connectivity index (χ1n) is 15.6. The van der Waals surface area contributed by atoms with Crippen LogP contribution in [0.3, 0.4) is 0 Å².